The molecular formula is C14H25N3O. The minimum Gasteiger partial charge on any atom is -0.380 e. The molecule has 0 aliphatic heterocycles. The fourth-order valence-electron chi connectivity index (χ4n) is 1.73. The first kappa shape index (κ1) is 15.0. The summed E-state index contributed by atoms with van der Waals surface area (Å²) in [5, 5.41) is 3.42. The minimum absolute atomic E-state index is 0.179. The van der Waals surface area contributed by atoms with Gasteiger partial charge in [-0.1, -0.05) is 12.1 Å². The lowest BCUT2D eigenvalue weighted by Crippen LogP contribution is -2.34. The van der Waals surface area contributed by atoms with Crippen molar-refractivity contribution in [2.45, 2.75) is 19.1 Å². The van der Waals surface area contributed by atoms with Crippen molar-refractivity contribution in [2.75, 3.05) is 39.2 Å². The van der Waals surface area contributed by atoms with E-state index in [-0.39, 0.29) is 12.1 Å². The summed E-state index contributed by atoms with van der Waals surface area (Å²) < 4.78 is 5.22. The Balaban J connectivity index is 2.64. The number of benzene rings is 1. The number of nitrogens with two attached hydrogens (primary N) is 1. The summed E-state index contributed by atoms with van der Waals surface area (Å²) >= 11 is 0. The van der Waals surface area contributed by atoms with E-state index in [1.165, 1.54) is 11.3 Å². The lowest BCUT2D eigenvalue weighted by Gasteiger charge is -2.21. The summed E-state index contributed by atoms with van der Waals surface area (Å²) in [6.07, 6.45) is 0.195. The third-order valence-corrected chi connectivity index (χ3v) is 3.10. The van der Waals surface area contributed by atoms with Crippen molar-refractivity contribution in [3.63, 3.8) is 0 Å². The van der Waals surface area contributed by atoms with E-state index < -0.39 is 0 Å². The third-order valence-electron chi connectivity index (χ3n) is 3.10. The summed E-state index contributed by atoms with van der Waals surface area (Å²) in [6, 6.07) is 8.65. The van der Waals surface area contributed by atoms with E-state index in [0.717, 1.165) is 6.54 Å². The Morgan fingerprint density at radius 2 is 1.89 bits per heavy atom. The number of ether oxygens (including phenoxy) is 1. The second-order valence-corrected chi connectivity index (χ2v) is 4.73. The molecule has 0 aliphatic carbocycles. The number of rotatable bonds is 7. The number of anilines is 1. The largest absolute Gasteiger partial charge is 0.380 e. The van der Waals surface area contributed by atoms with Crippen molar-refractivity contribution in [3.05, 3.63) is 29.8 Å². The highest BCUT2D eigenvalue weighted by Gasteiger charge is 2.10. The van der Waals surface area contributed by atoms with Crippen LogP contribution < -0.4 is 16.0 Å². The van der Waals surface area contributed by atoms with E-state index in [2.05, 4.69) is 34.5 Å². The van der Waals surface area contributed by atoms with Gasteiger partial charge < -0.3 is 20.7 Å². The molecule has 0 radical (unpaired) electrons. The highest BCUT2D eigenvalue weighted by atomic mass is 16.5. The molecule has 0 amide bonds. The molecule has 4 nitrogen and oxygen atoms in total. The molecule has 4 heteroatoms. The van der Waals surface area contributed by atoms with E-state index >= 15 is 0 Å². The molecule has 0 heterocycles. The second kappa shape index (κ2) is 7.36. The van der Waals surface area contributed by atoms with Gasteiger partial charge >= 0.3 is 0 Å². The van der Waals surface area contributed by atoms with Crippen molar-refractivity contribution < 1.29 is 4.74 Å². The van der Waals surface area contributed by atoms with Gasteiger partial charge in [0.25, 0.3) is 0 Å². The first-order valence-electron chi connectivity index (χ1n) is 6.32. The molecule has 18 heavy (non-hydrogen) atoms. The zero-order chi connectivity index (χ0) is 13.5. The zero-order valence-corrected chi connectivity index (χ0v) is 11.8. The van der Waals surface area contributed by atoms with Crippen LogP contribution in [0.2, 0.25) is 0 Å². The molecule has 0 fully saturated rings. The van der Waals surface area contributed by atoms with Crippen LogP contribution >= 0.6 is 0 Å². The Bertz CT molecular complexity index is 337. The summed E-state index contributed by atoms with van der Waals surface area (Å²) in [6.45, 7) is 3.42. The normalized spacial score (nSPS) is 14.3. The first-order valence-corrected chi connectivity index (χ1v) is 6.32. The average Bonchev–Trinajstić information content (AvgIpc) is 2.39. The number of hydrogen-bond acceptors (Lipinski definition) is 4. The molecule has 0 saturated heterocycles. The molecule has 0 aromatic heterocycles. The van der Waals surface area contributed by atoms with E-state index in [9.17, 15) is 0 Å². The first-order chi connectivity index (χ1) is 8.58. The van der Waals surface area contributed by atoms with Crippen LogP contribution in [0.15, 0.2) is 24.3 Å². The summed E-state index contributed by atoms with van der Waals surface area (Å²) in [7, 11) is 5.79. The summed E-state index contributed by atoms with van der Waals surface area (Å²) in [4.78, 5) is 2.08. The fraction of sp³-hybridized carbons (Fsp3) is 0.571. The number of nitrogens with one attached hydrogen (secondary N) is 1. The molecule has 3 N–H and O–H groups in total. The number of hydrogen-bond donors (Lipinski definition) is 2. The van der Waals surface area contributed by atoms with Crippen LogP contribution in [0.25, 0.3) is 0 Å². The van der Waals surface area contributed by atoms with Crippen molar-refractivity contribution in [1.82, 2.24) is 5.32 Å². The van der Waals surface area contributed by atoms with Crippen molar-refractivity contribution in [1.29, 1.82) is 0 Å². The van der Waals surface area contributed by atoms with Crippen molar-refractivity contribution >= 4 is 5.69 Å². The SMILES string of the molecule is COC(C)CNC(CN)c1ccc(N(C)C)cc1. The smallest absolute Gasteiger partial charge is 0.0667 e. The van der Waals surface area contributed by atoms with E-state index in [4.69, 9.17) is 10.5 Å². The van der Waals surface area contributed by atoms with E-state index in [1.807, 2.05) is 21.0 Å². The van der Waals surface area contributed by atoms with E-state index in [1.54, 1.807) is 7.11 Å². The molecule has 1 rings (SSSR count). The van der Waals surface area contributed by atoms with Gasteiger partial charge in [0.05, 0.1) is 6.10 Å². The van der Waals surface area contributed by atoms with Gasteiger partial charge in [0.1, 0.15) is 0 Å². The predicted octanol–water partition coefficient (Wildman–Crippen LogP) is 1.38. The Morgan fingerprint density at radius 1 is 1.28 bits per heavy atom. The number of nitrogens with zero attached hydrogens (tertiary/aromatic N) is 1. The van der Waals surface area contributed by atoms with Gasteiger partial charge in [0.15, 0.2) is 0 Å². The molecule has 1 aromatic rings. The van der Waals surface area contributed by atoms with Gasteiger partial charge in [0, 0.05) is 46.0 Å². The molecule has 2 atom stereocenters. The van der Waals surface area contributed by atoms with Crippen LogP contribution in [-0.4, -0.2) is 40.4 Å². The molecule has 0 aliphatic rings. The molecular weight excluding hydrogens is 226 g/mol. The monoisotopic (exact) mass is 251 g/mol. The lowest BCUT2D eigenvalue weighted by atomic mass is 10.1. The zero-order valence-electron chi connectivity index (χ0n) is 11.8. The predicted molar refractivity (Wildman–Crippen MR) is 77.0 cm³/mol. The van der Waals surface area contributed by atoms with Crippen molar-refractivity contribution in [2.24, 2.45) is 5.73 Å². The van der Waals surface area contributed by atoms with Gasteiger partial charge in [-0.2, -0.15) is 0 Å². The minimum atomic E-state index is 0.179. The van der Waals surface area contributed by atoms with Crippen LogP contribution in [0.3, 0.4) is 0 Å². The van der Waals surface area contributed by atoms with Gasteiger partial charge in [0.2, 0.25) is 0 Å². The molecule has 0 saturated carbocycles. The van der Waals surface area contributed by atoms with Crippen LogP contribution in [-0.2, 0) is 4.74 Å². The third kappa shape index (κ3) is 4.29. The highest BCUT2D eigenvalue weighted by molar-refractivity contribution is 5.46. The Kier molecular flexibility index (Phi) is 6.12. The summed E-state index contributed by atoms with van der Waals surface area (Å²) in [5.74, 6) is 0. The van der Waals surface area contributed by atoms with Gasteiger partial charge in [-0.05, 0) is 24.6 Å². The Morgan fingerprint density at radius 3 is 2.33 bits per heavy atom. The van der Waals surface area contributed by atoms with Gasteiger partial charge in [-0.25, -0.2) is 0 Å². The van der Waals surface area contributed by atoms with Crippen LogP contribution in [0.5, 0.6) is 0 Å². The fourth-order valence-corrected chi connectivity index (χ4v) is 1.73. The molecule has 102 valence electrons. The highest BCUT2D eigenvalue weighted by Crippen LogP contribution is 2.17. The number of methoxy groups -OCH3 is 1. The van der Waals surface area contributed by atoms with Crippen LogP contribution in [0.4, 0.5) is 5.69 Å². The van der Waals surface area contributed by atoms with Crippen LogP contribution in [0.1, 0.15) is 18.5 Å². The molecule has 1 aromatic carbocycles. The summed E-state index contributed by atoms with van der Waals surface area (Å²) in [5.41, 5.74) is 8.23. The van der Waals surface area contributed by atoms with Gasteiger partial charge in [-0.3, -0.25) is 0 Å². The average molecular weight is 251 g/mol. The molecule has 0 spiro atoms. The molecule has 2 unspecified atom stereocenters. The lowest BCUT2D eigenvalue weighted by molar-refractivity contribution is 0.114. The topological polar surface area (TPSA) is 50.5 Å². The van der Waals surface area contributed by atoms with E-state index in [0.29, 0.717) is 6.54 Å². The Hall–Kier alpha value is -1.10. The standard InChI is InChI=1S/C14H25N3O/c1-11(18-4)10-16-14(9-15)12-5-7-13(8-6-12)17(2)3/h5-8,11,14,16H,9-10,15H2,1-4H3. The van der Waals surface area contributed by atoms with Crippen LogP contribution in [0, 0.1) is 0 Å². The Labute approximate surface area is 110 Å². The van der Waals surface area contributed by atoms with Gasteiger partial charge in [-0.15, -0.1) is 0 Å². The molecule has 0 bridgehead atoms. The van der Waals surface area contributed by atoms with Crippen molar-refractivity contribution in [3.8, 4) is 0 Å². The maximum atomic E-state index is 5.82. The maximum absolute atomic E-state index is 5.82. The quantitative estimate of drug-likeness (QED) is 0.768. The maximum Gasteiger partial charge on any atom is 0.0667 e. The second-order valence-electron chi connectivity index (χ2n) is 4.73.